The van der Waals surface area contributed by atoms with Crippen LogP contribution in [0.1, 0.15) is 29.7 Å². The van der Waals surface area contributed by atoms with Gasteiger partial charge in [0.2, 0.25) is 0 Å². The van der Waals surface area contributed by atoms with Crippen LogP contribution in [0.2, 0.25) is 5.02 Å². The summed E-state index contributed by atoms with van der Waals surface area (Å²) in [4.78, 5) is 0. The third-order valence-corrected chi connectivity index (χ3v) is 4.09. The molecule has 1 N–H and O–H groups in total. The van der Waals surface area contributed by atoms with E-state index in [2.05, 4.69) is 10.4 Å². The van der Waals surface area contributed by atoms with Gasteiger partial charge in [0.25, 0.3) is 0 Å². The minimum Gasteiger partial charge on any atom is -0.310 e. The predicted molar refractivity (Wildman–Crippen MR) is 77.3 cm³/mol. The van der Waals surface area contributed by atoms with Crippen LogP contribution in [0.3, 0.4) is 0 Å². The number of halogens is 2. The Hall–Kier alpha value is -1.39. The molecule has 2 aromatic rings. The fourth-order valence-corrected chi connectivity index (χ4v) is 2.42. The highest BCUT2D eigenvalue weighted by atomic mass is 35.5. The van der Waals surface area contributed by atoms with E-state index >= 15 is 0 Å². The topological polar surface area (TPSA) is 29.9 Å². The molecule has 0 amide bonds. The molecule has 5 heteroatoms. The molecule has 0 spiro atoms. The highest BCUT2D eigenvalue weighted by molar-refractivity contribution is 6.31. The van der Waals surface area contributed by atoms with Crippen molar-refractivity contribution >= 4 is 11.6 Å². The Labute approximate surface area is 122 Å². The van der Waals surface area contributed by atoms with E-state index in [4.69, 9.17) is 11.6 Å². The van der Waals surface area contributed by atoms with Crippen LogP contribution in [-0.4, -0.2) is 15.8 Å². The van der Waals surface area contributed by atoms with Crippen molar-refractivity contribution in [3.05, 3.63) is 52.1 Å². The van der Waals surface area contributed by atoms with Gasteiger partial charge in [-0.25, -0.2) is 4.39 Å². The molecule has 3 rings (SSSR count). The smallest absolute Gasteiger partial charge is 0.129 e. The zero-order chi connectivity index (χ0) is 14.1. The molecular formula is C15H17ClFN3. The summed E-state index contributed by atoms with van der Waals surface area (Å²) in [6.45, 7) is 3.19. The molecule has 1 heterocycles. The summed E-state index contributed by atoms with van der Waals surface area (Å²) in [5, 5.41) is 8.25. The molecule has 0 aliphatic heterocycles. The van der Waals surface area contributed by atoms with Crippen LogP contribution >= 0.6 is 11.6 Å². The quantitative estimate of drug-likeness (QED) is 0.917. The number of rotatable bonds is 5. The standard InChI is InChI=1S/C15H17ClFN3/c1-10-11(7-18-12-5-6-12)8-19-20(10)9-13-14(16)3-2-4-15(13)17/h2-4,8,12,18H,5-7,9H2,1H3. The molecule has 1 fully saturated rings. The van der Waals surface area contributed by atoms with E-state index < -0.39 is 0 Å². The highest BCUT2D eigenvalue weighted by Gasteiger charge is 2.21. The zero-order valence-corrected chi connectivity index (χ0v) is 12.1. The lowest BCUT2D eigenvalue weighted by atomic mass is 10.2. The van der Waals surface area contributed by atoms with E-state index in [1.165, 1.54) is 18.9 Å². The molecule has 0 bridgehead atoms. The van der Waals surface area contributed by atoms with Crippen LogP contribution < -0.4 is 5.32 Å². The first-order valence-electron chi connectivity index (χ1n) is 6.82. The molecule has 0 radical (unpaired) electrons. The normalized spacial score (nSPS) is 14.8. The largest absolute Gasteiger partial charge is 0.310 e. The van der Waals surface area contributed by atoms with E-state index in [0.717, 1.165) is 17.8 Å². The lowest BCUT2D eigenvalue weighted by Gasteiger charge is -2.09. The van der Waals surface area contributed by atoms with Gasteiger partial charge < -0.3 is 5.32 Å². The van der Waals surface area contributed by atoms with Crippen molar-refractivity contribution in [3.8, 4) is 0 Å². The minimum atomic E-state index is -0.287. The first-order chi connectivity index (χ1) is 9.65. The van der Waals surface area contributed by atoms with Crippen LogP contribution in [0.15, 0.2) is 24.4 Å². The summed E-state index contributed by atoms with van der Waals surface area (Å²) in [6.07, 6.45) is 4.37. The maximum atomic E-state index is 13.8. The lowest BCUT2D eigenvalue weighted by molar-refractivity contribution is 0.579. The number of nitrogens with zero attached hydrogens (tertiary/aromatic N) is 2. The van der Waals surface area contributed by atoms with Crippen molar-refractivity contribution in [2.45, 2.75) is 38.9 Å². The predicted octanol–water partition coefficient (Wildman–Crippen LogP) is 3.28. The van der Waals surface area contributed by atoms with E-state index in [0.29, 0.717) is 23.2 Å². The zero-order valence-electron chi connectivity index (χ0n) is 11.4. The van der Waals surface area contributed by atoms with E-state index in [-0.39, 0.29) is 5.82 Å². The van der Waals surface area contributed by atoms with Crippen LogP contribution in [0.4, 0.5) is 4.39 Å². The Bertz CT molecular complexity index is 599. The number of benzene rings is 1. The van der Waals surface area contributed by atoms with Gasteiger partial charge in [-0.15, -0.1) is 0 Å². The second-order valence-electron chi connectivity index (χ2n) is 5.27. The molecular weight excluding hydrogens is 277 g/mol. The molecule has 106 valence electrons. The Morgan fingerprint density at radius 3 is 2.95 bits per heavy atom. The van der Waals surface area contributed by atoms with Crippen molar-refractivity contribution in [3.63, 3.8) is 0 Å². The van der Waals surface area contributed by atoms with Crippen LogP contribution in [0, 0.1) is 12.7 Å². The Kier molecular flexibility index (Phi) is 3.76. The van der Waals surface area contributed by atoms with Gasteiger partial charge in [-0.05, 0) is 31.9 Å². The molecule has 20 heavy (non-hydrogen) atoms. The third-order valence-electron chi connectivity index (χ3n) is 3.73. The van der Waals surface area contributed by atoms with Crippen LogP contribution in [0.25, 0.3) is 0 Å². The van der Waals surface area contributed by atoms with E-state index in [1.807, 2.05) is 13.1 Å². The minimum absolute atomic E-state index is 0.287. The molecule has 1 aromatic carbocycles. The van der Waals surface area contributed by atoms with Gasteiger partial charge in [-0.1, -0.05) is 17.7 Å². The molecule has 0 atom stereocenters. The number of hydrogen-bond donors (Lipinski definition) is 1. The molecule has 1 aliphatic carbocycles. The number of nitrogens with one attached hydrogen (secondary N) is 1. The Morgan fingerprint density at radius 2 is 2.25 bits per heavy atom. The fraction of sp³-hybridized carbons (Fsp3) is 0.400. The SMILES string of the molecule is Cc1c(CNC2CC2)cnn1Cc1c(F)cccc1Cl. The molecule has 1 aromatic heterocycles. The lowest BCUT2D eigenvalue weighted by Crippen LogP contribution is -2.16. The summed E-state index contributed by atoms with van der Waals surface area (Å²) in [7, 11) is 0. The van der Waals surface area contributed by atoms with E-state index in [9.17, 15) is 4.39 Å². The van der Waals surface area contributed by atoms with E-state index in [1.54, 1.807) is 16.8 Å². The molecule has 1 aliphatic rings. The maximum Gasteiger partial charge on any atom is 0.129 e. The highest BCUT2D eigenvalue weighted by Crippen LogP contribution is 2.22. The van der Waals surface area contributed by atoms with Gasteiger partial charge >= 0.3 is 0 Å². The van der Waals surface area contributed by atoms with Crippen molar-refractivity contribution in [1.82, 2.24) is 15.1 Å². The Morgan fingerprint density at radius 1 is 1.45 bits per heavy atom. The number of aromatic nitrogens is 2. The fourth-order valence-electron chi connectivity index (χ4n) is 2.19. The van der Waals surface area contributed by atoms with Crippen molar-refractivity contribution in [2.75, 3.05) is 0 Å². The second-order valence-corrected chi connectivity index (χ2v) is 5.68. The van der Waals surface area contributed by atoms with Crippen molar-refractivity contribution < 1.29 is 4.39 Å². The molecule has 0 saturated heterocycles. The summed E-state index contributed by atoms with van der Waals surface area (Å²) >= 11 is 6.06. The summed E-state index contributed by atoms with van der Waals surface area (Å²) in [5.41, 5.74) is 2.70. The monoisotopic (exact) mass is 293 g/mol. The van der Waals surface area contributed by atoms with Gasteiger partial charge in [-0.2, -0.15) is 5.10 Å². The van der Waals surface area contributed by atoms with Gasteiger partial charge in [0.05, 0.1) is 12.7 Å². The maximum absolute atomic E-state index is 13.8. The molecule has 0 unspecified atom stereocenters. The van der Waals surface area contributed by atoms with Gasteiger partial charge in [0.1, 0.15) is 5.82 Å². The second kappa shape index (κ2) is 5.54. The summed E-state index contributed by atoms with van der Waals surface area (Å²) in [6, 6.07) is 5.41. The van der Waals surface area contributed by atoms with Gasteiger partial charge in [0, 0.05) is 34.4 Å². The number of hydrogen-bond acceptors (Lipinski definition) is 2. The van der Waals surface area contributed by atoms with Crippen molar-refractivity contribution in [1.29, 1.82) is 0 Å². The van der Waals surface area contributed by atoms with Crippen molar-refractivity contribution in [2.24, 2.45) is 0 Å². The average molecular weight is 294 g/mol. The first kappa shape index (κ1) is 13.6. The molecule has 3 nitrogen and oxygen atoms in total. The Balaban J connectivity index is 1.77. The van der Waals surface area contributed by atoms with Gasteiger partial charge in [-0.3, -0.25) is 4.68 Å². The third kappa shape index (κ3) is 2.86. The average Bonchev–Trinajstić information content (AvgIpc) is 3.18. The summed E-state index contributed by atoms with van der Waals surface area (Å²) < 4.78 is 15.6. The summed E-state index contributed by atoms with van der Waals surface area (Å²) in [5.74, 6) is -0.287. The van der Waals surface area contributed by atoms with Crippen LogP contribution in [-0.2, 0) is 13.1 Å². The van der Waals surface area contributed by atoms with Gasteiger partial charge in [0.15, 0.2) is 0 Å². The van der Waals surface area contributed by atoms with Crippen LogP contribution in [0.5, 0.6) is 0 Å². The molecule has 1 saturated carbocycles. The first-order valence-corrected chi connectivity index (χ1v) is 7.20.